The zero-order chi connectivity index (χ0) is 18.0. The second-order valence-corrected chi connectivity index (χ2v) is 8.39. The number of carbonyl (C=O) groups excluding carboxylic acids is 3. The normalized spacial score (nSPS) is 42.3. The Hall–Kier alpha value is -1.65. The van der Waals surface area contributed by atoms with Crippen LogP contribution in [0.25, 0.3) is 0 Å². The topological polar surface area (TPSA) is 69.7 Å². The summed E-state index contributed by atoms with van der Waals surface area (Å²) in [5.41, 5.74) is 0.141. The van der Waals surface area contributed by atoms with E-state index in [4.69, 9.17) is 9.47 Å². The Bertz CT molecular complexity index is 646. The maximum Gasteiger partial charge on any atom is 0.302 e. The van der Waals surface area contributed by atoms with Crippen LogP contribution in [0.4, 0.5) is 0 Å². The van der Waals surface area contributed by atoms with Gasteiger partial charge < -0.3 is 9.47 Å². The van der Waals surface area contributed by atoms with Crippen LogP contribution in [0.2, 0.25) is 0 Å². The molecule has 0 aromatic rings. The van der Waals surface area contributed by atoms with Gasteiger partial charge in [-0.25, -0.2) is 0 Å². The zero-order valence-electron chi connectivity index (χ0n) is 15.2. The summed E-state index contributed by atoms with van der Waals surface area (Å²) in [5.74, 6) is -0.681. The Morgan fingerprint density at radius 3 is 2.12 bits per heavy atom. The summed E-state index contributed by atoms with van der Waals surface area (Å²) in [6.07, 6.45) is 1.66. The van der Waals surface area contributed by atoms with Gasteiger partial charge in [0.2, 0.25) is 0 Å². The predicted molar refractivity (Wildman–Crippen MR) is 86.8 cm³/mol. The van der Waals surface area contributed by atoms with Crippen molar-refractivity contribution in [1.29, 1.82) is 0 Å². The molecule has 0 aromatic heterocycles. The molecule has 0 N–H and O–H groups in total. The number of ketones is 1. The predicted octanol–water partition coefficient (Wildman–Crippen LogP) is 2.68. The number of allylic oxidation sites excluding steroid dienone is 1. The Labute approximate surface area is 142 Å². The second kappa shape index (κ2) is 5.17. The van der Waals surface area contributed by atoms with Crippen molar-refractivity contribution in [3.8, 4) is 0 Å². The fourth-order valence-electron chi connectivity index (χ4n) is 5.39. The molecule has 2 fully saturated rings. The third-order valence-corrected chi connectivity index (χ3v) is 6.46. The molecule has 4 aliphatic rings. The van der Waals surface area contributed by atoms with E-state index in [1.807, 2.05) is 13.8 Å². The molecule has 0 heterocycles. The molecule has 4 aliphatic carbocycles. The molecule has 0 aromatic carbocycles. The molecule has 4 unspecified atom stereocenters. The maximum absolute atomic E-state index is 12.8. The molecular weight excluding hydrogens is 308 g/mol. The number of carbonyl (C=O) groups is 3. The molecule has 5 nitrogen and oxygen atoms in total. The van der Waals surface area contributed by atoms with Crippen LogP contribution in [0.3, 0.4) is 0 Å². The van der Waals surface area contributed by atoms with Crippen LogP contribution < -0.4 is 0 Å². The van der Waals surface area contributed by atoms with E-state index in [-0.39, 0.29) is 47.0 Å². The van der Waals surface area contributed by atoms with Crippen molar-refractivity contribution in [2.45, 2.75) is 60.2 Å². The van der Waals surface area contributed by atoms with Crippen LogP contribution in [-0.2, 0) is 23.9 Å². The summed E-state index contributed by atoms with van der Waals surface area (Å²) < 4.78 is 11.3. The summed E-state index contributed by atoms with van der Waals surface area (Å²) in [4.78, 5) is 36.1. The molecule has 24 heavy (non-hydrogen) atoms. The summed E-state index contributed by atoms with van der Waals surface area (Å²) in [6, 6.07) is 0. The quantitative estimate of drug-likeness (QED) is 0.573. The molecule has 0 saturated heterocycles. The molecule has 0 spiro atoms. The molecular formula is C19H26O5. The Morgan fingerprint density at radius 2 is 1.62 bits per heavy atom. The molecule has 6 atom stereocenters. The van der Waals surface area contributed by atoms with E-state index in [0.717, 1.165) is 5.57 Å². The van der Waals surface area contributed by atoms with Crippen LogP contribution in [0, 0.1) is 28.6 Å². The van der Waals surface area contributed by atoms with Crippen LogP contribution in [0.15, 0.2) is 11.6 Å². The first kappa shape index (κ1) is 17.2. The molecule has 4 bridgehead atoms. The van der Waals surface area contributed by atoms with Crippen LogP contribution >= 0.6 is 0 Å². The number of esters is 2. The van der Waals surface area contributed by atoms with Gasteiger partial charge >= 0.3 is 11.9 Å². The maximum atomic E-state index is 12.8. The van der Waals surface area contributed by atoms with Gasteiger partial charge in [0.15, 0.2) is 0 Å². The highest BCUT2D eigenvalue weighted by Gasteiger charge is 2.70. The van der Waals surface area contributed by atoms with Crippen LogP contribution in [0.1, 0.15) is 48.0 Å². The van der Waals surface area contributed by atoms with E-state index < -0.39 is 11.5 Å². The monoisotopic (exact) mass is 334 g/mol. The number of hydrogen-bond acceptors (Lipinski definition) is 5. The van der Waals surface area contributed by atoms with E-state index in [2.05, 4.69) is 19.9 Å². The zero-order valence-corrected chi connectivity index (χ0v) is 15.2. The first-order valence-electron chi connectivity index (χ1n) is 8.57. The highest BCUT2D eigenvalue weighted by molar-refractivity contribution is 5.95. The molecule has 0 radical (unpaired) electrons. The van der Waals surface area contributed by atoms with Gasteiger partial charge in [-0.3, -0.25) is 14.4 Å². The van der Waals surface area contributed by atoms with E-state index in [9.17, 15) is 14.4 Å². The lowest BCUT2D eigenvalue weighted by atomic mass is 9.42. The lowest BCUT2D eigenvalue weighted by Crippen LogP contribution is -2.64. The number of ether oxygens (including phenoxy) is 2. The molecule has 4 rings (SSSR count). The fourth-order valence-corrected chi connectivity index (χ4v) is 5.39. The van der Waals surface area contributed by atoms with Crippen molar-refractivity contribution in [2.75, 3.05) is 0 Å². The van der Waals surface area contributed by atoms with E-state index in [1.54, 1.807) is 0 Å². The van der Waals surface area contributed by atoms with E-state index >= 15 is 0 Å². The number of rotatable bonds is 2. The Kier molecular flexibility index (Phi) is 3.70. The van der Waals surface area contributed by atoms with Gasteiger partial charge in [0.25, 0.3) is 0 Å². The van der Waals surface area contributed by atoms with Gasteiger partial charge in [0.1, 0.15) is 18.0 Å². The van der Waals surface area contributed by atoms with E-state index in [1.165, 1.54) is 13.8 Å². The van der Waals surface area contributed by atoms with E-state index in [0.29, 0.717) is 6.42 Å². The van der Waals surface area contributed by atoms with Crippen LogP contribution in [0.5, 0.6) is 0 Å². The average molecular weight is 334 g/mol. The minimum Gasteiger partial charge on any atom is -0.462 e. The minimum atomic E-state index is -0.543. The number of hydrogen-bond donors (Lipinski definition) is 0. The molecule has 132 valence electrons. The summed E-state index contributed by atoms with van der Waals surface area (Å²) in [6.45, 7) is 10.9. The second-order valence-electron chi connectivity index (χ2n) is 8.39. The smallest absolute Gasteiger partial charge is 0.302 e. The molecule has 5 heteroatoms. The highest BCUT2D eigenvalue weighted by atomic mass is 16.6. The Balaban J connectivity index is 2.12. The average Bonchev–Trinajstić information content (AvgIpc) is 2.43. The first-order chi connectivity index (χ1) is 11.0. The van der Waals surface area contributed by atoms with Gasteiger partial charge in [-0.15, -0.1) is 0 Å². The largest absolute Gasteiger partial charge is 0.462 e. The van der Waals surface area contributed by atoms with Crippen molar-refractivity contribution < 1.29 is 23.9 Å². The van der Waals surface area contributed by atoms with Gasteiger partial charge in [-0.2, -0.15) is 0 Å². The first-order valence-corrected chi connectivity index (χ1v) is 8.57. The van der Waals surface area contributed by atoms with Gasteiger partial charge in [0.05, 0.1) is 0 Å². The molecule has 2 saturated carbocycles. The lowest BCUT2D eigenvalue weighted by Gasteiger charge is -2.59. The molecule has 0 amide bonds. The SMILES string of the molecule is CC(=O)O[C@@H]1C[C@@H](OC(C)=O)C2(C)C=C(C)C3C(=O)C2C3C1(C)C. The summed E-state index contributed by atoms with van der Waals surface area (Å²) in [7, 11) is 0. The van der Waals surface area contributed by atoms with Gasteiger partial charge in [-0.05, 0) is 12.8 Å². The number of Topliss-reactive ketones (excluding diaryl/α,β-unsaturated/α-hetero) is 1. The summed E-state index contributed by atoms with van der Waals surface area (Å²) >= 11 is 0. The lowest BCUT2D eigenvalue weighted by molar-refractivity contribution is -0.173. The van der Waals surface area contributed by atoms with Gasteiger partial charge in [-0.1, -0.05) is 32.4 Å². The van der Waals surface area contributed by atoms with Crippen molar-refractivity contribution >= 4 is 17.7 Å². The standard InChI is InChI=1S/C19H26O5/c1-9-8-19(6)13(24-11(3)21)7-12(23-10(2)20)18(4,5)15-14(9)17(22)16(15)19/h8,12-16H,7H2,1-6H3/t12-,13-,14?,15?,16?,19?/m1/s1. The van der Waals surface area contributed by atoms with Crippen molar-refractivity contribution in [3.05, 3.63) is 11.6 Å². The summed E-state index contributed by atoms with van der Waals surface area (Å²) in [5, 5.41) is 0. The van der Waals surface area contributed by atoms with Crippen LogP contribution in [-0.4, -0.2) is 29.9 Å². The van der Waals surface area contributed by atoms with Crippen molar-refractivity contribution in [1.82, 2.24) is 0 Å². The Morgan fingerprint density at radius 1 is 1.08 bits per heavy atom. The van der Waals surface area contributed by atoms with Crippen molar-refractivity contribution in [3.63, 3.8) is 0 Å². The highest BCUT2D eigenvalue weighted by Crippen LogP contribution is 2.66. The third kappa shape index (κ3) is 2.16. The molecule has 0 aliphatic heterocycles. The minimum absolute atomic E-state index is 0.102. The van der Waals surface area contributed by atoms with Crippen molar-refractivity contribution in [2.24, 2.45) is 28.6 Å². The van der Waals surface area contributed by atoms with Gasteiger partial charge in [0, 0.05) is 42.9 Å². The third-order valence-electron chi connectivity index (χ3n) is 6.46. The fraction of sp³-hybridized carbons (Fsp3) is 0.737.